The average molecular weight is 306 g/mol. The lowest BCUT2D eigenvalue weighted by atomic mass is 10.0. The second kappa shape index (κ2) is 6.08. The zero-order chi connectivity index (χ0) is 16.4. The molecule has 0 aliphatic heterocycles. The zero-order valence-electron chi connectivity index (χ0n) is 13.1. The molecule has 0 spiro atoms. The number of phenols is 1. The van der Waals surface area contributed by atoms with Crippen molar-refractivity contribution >= 4 is 16.8 Å². The highest BCUT2D eigenvalue weighted by Gasteiger charge is 2.22. The molecule has 0 bridgehead atoms. The molecule has 0 unspecified atom stereocenters. The van der Waals surface area contributed by atoms with Crippen molar-refractivity contribution in [1.29, 1.82) is 0 Å². The monoisotopic (exact) mass is 306 g/mol. The number of amides is 1. The van der Waals surface area contributed by atoms with Gasteiger partial charge in [-0.25, -0.2) is 0 Å². The summed E-state index contributed by atoms with van der Waals surface area (Å²) < 4.78 is 0. The number of benzene rings is 2. The molecule has 1 N–H and O–H groups in total. The number of phenolic OH excluding ortho intramolecular Hbond substituents is 1. The van der Waals surface area contributed by atoms with Gasteiger partial charge in [0.25, 0.3) is 5.91 Å². The average Bonchev–Trinajstić information content (AvgIpc) is 2.61. The molecule has 0 aliphatic carbocycles. The lowest BCUT2D eigenvalue weighted by Gasteiger charge is -2.25. The molecule has 1 amide bonds. The summed E-state index contributed by atoms with van der Waals surface area (Å²) in [4.78, 5) is 18.6. The van der Waals surface area contributed by atoms with Crippen LogP contribution in [0.4, 0.5) is 0 Å². The summed E-state index contributed by atoms with van der Waals surface area (Å²) in [5.41, 5.74) is 1.75. The van der Waals surface area contributed by atoms with Gasteiger partial charge >= 0.3 is 0 Å². The molecule has 0 saturated heterocycles. The van der Waals surface area contributed by atoms with Crippen LogP contribution in [0.5, 0.6) is 5.75 Å². The van der Waals surface area contributed by atoms with Crippen LogP contribution in [-0.4, -0.2) is 27.9 Å². The van der Waals surface area contributed by atoms with Crippen LogP contribution in [0.25, 0.3) is 10.9 Å². The third-order valence-electron chi connectivity index (χ3n) is 4.16. The molecule has 1 atom stereocenters. The summed E-state index contributed by atoms with van der Waals surface area (Å²) in [6.45, 7) is 1.96. The number of aromatic nitrogens is 1. The number of pyridine rings is 1. The fourth-order valence-electron chi connectivity index (χ4n) is 2.62. The Morgan fingerprint density at radius 2 is 1.83 bits per heavy atom. The van der Waals surface area contributed by atoms with Gasteiger partial charge in [0.15, 0.2) is 5.75 Å². The van der Waals surface area contributed by atoms with E-state index in [9.17, 15) is 9.90 Å². The van der Waals surface area contributed by atoms with Crippen LogP contribution in [0.2, 0.25) is 0 Å². The first-order valence-electron chi connectivity index (χ1n) is 7.48. The number of nitrogens with zero attached hydrogens (tertiary/aromatic N) is 2. The largest absolute Gasteiger partial charge is 0.505 e. The van der Waals surface area contributed by atoms with Gasteiger partial charge in [-0.15, -0.1) is 0 Å². The van der Waals surface area contributed by atoms with Crippen LogP contribution >= 0.6 is 0 Å². The summed E-state index contributed by atoms with van der Waals surface area (Å²) in [7, 11) is 1.74. The molecule has 3 rings (SSSR count). The fourth-order valence-corrected chi connectivity index (χ4v) is 2.62. The number of carbonyl (C=O) groups excluding carboxylic acids is 1. The molecule has 0 radical (unpaired) electrons. The fraction of sp³-hybridized carbons (Fsp3) is 0.158. The SMILES string of the molecule is C[C@@H](c1ccccc1)N(C)C(=O)c1ccc2cccnc2c1O. The zero-order valence-corrected chi connectivity index (χ0v) is 13.1. The molecule has 0 aliphatic rings. The van der Waals surface area contributed by atoms with Crippen molar-refractivity contribution in [2.24, 2.45) is 0 Å². The number of carbonyl (C=O) groups is 1. The Bertz CT molecular complexity index is 846. The Labute approximate surface area is 135 Å². The first-order valence-corrected chi connectivity index (χ1v) is 7.48. The van der Waals surface area contributed by atoms with Crippen LogP contribution in [0.15, 0.2) is 60.8 Å². The second-order valence-electron chi connectivity index (χ2n) is 5.54. The van der Waals surface area contributed by atoms with Crippen LogP contribution < -0.4 is 0 Å². The third-order valence-corrected chi connectivity index (χ3v) is 4.16. The second-order valence-corrected chi connectivity index (χ2v) is 5.54. The smallest absolute Gasteiger partial charge is 0.257 e. The summed E-state index contributed by atoms with van der Waals surface area (Å²) in [5.74, 6) is -0.299. The van der Waals surface area contributed by atoms with E-state index < -0.39 is 0 Å². The van der Waals surface area contributed by atoms with Gasteiger partial charge < -0.3 is 10.0 Å². The quantitative estimate of drug-likeness (QED) is 0.801. The van der Waals surface area contributed by atoms with E-state index in [2.05, 4.69) is 4.98 Å². The molecule has 23 heavy (non-hydrogen) atoms. The van der Waals surface area contributed by atoms with Gasteiger partial charge in [0.2, 0.25) is 0 Å². The number of fused-ring (bicyclic) bond motifs is 1. The molecule has 116 valence electrons. The van der Waals surface area contributed by atoms with Gasteiger partial charge in [0.05, 0.1) is 11.6 Å². The van der Waals surface area contributed by atoms with Crippen molar-refractivity contribution < 1.29 is 9.90 Å². The van der Waals surface area contributed by atoms with E-state index in [1.165, 1.54) is 0 Å². The van der Waals surface area contributed by atoms with E-state index in [1.807, 2.05) is 43.3 Å². The van der Waals surface area contributed by atoms with Gasteiger partial charge in [0, 0.05) is 18.6 Å². The summed E-state index contributed by atoms with van der Waals surface area (Å²) in [6, 6.07) is 16.8. The van der Waals surface area contributed by atoms with E-state index in [0.29, 0.717) is 5.52 Å². The minimum atomic E-state index is -0.230. The number of hydrogen-bond donors (Lipinski definition) is 1. The Kier molecular flexibility index (Phi) is 3.98. The lowest BCUT2D eigenvalue weighted by Crippen LogP contribution is -2.29. The predicted molar refractivity (Wildman–Crippen MR) is 90.4 cm³/mol. The molecular formula is C19H18N2O2. The number of hydrogen-bond acceptors (Lipinski definition) is 3. The van der Waals surface area contributed by atoms with E-state index in [4.69, 9.17) is 0 Å². The molecule has 3 aromatic rings. The van der Waals surface area contributed by atoms with Crippen LogP contribution in [0.1, 0.15) is 28.9 Å². The molecule has 4 heteroatoms. The molecular weight excluding hydrogens is 288 g/mol. The van der Waals surface area contributed by atoms with Gasteiger partial charge in [-0.2, -0.15) is 0 Å². The lowest BCUT2D eigenvalue weighted by molar-refractivity contribution is 0.0740. The maximum atomic E-state index is 12.8. The Morgan fingerprint density at radius 1 is 1.09 bits per heavy atom. The molecule has 2 aromatic carbocycles. The standard InChI is InChI=1S/C19H18N2O2/c1-13(14-7-4-3-5-8-14)21(2)19(23)16-11-10-15-9-6-12-20-17(15)18(16)22/h3-13,22H,1-2H3/t13-/m0/s1. The maximum absolute atomic E-state index is 12.8. The number of rotatable bonds is 3. The van der Waals surface area contributed by atoms with Gasteiger partial charge in [0.1, 0.15) is 5.52 Å². The predicted octanol–water partition coefficient (Wildman–Crippen LogP) is 3.77. The highest BCUT2D eigenvalue weighted by Crippen LogP contribution is 2.29. The summed E-state index contributed by atoms with van der Waals surface area (Å²) in [5, 5.41) is 11.2. The van der Waals surface area contributed by atoms with Crippen molar-refractivity contribution in [1.82, 2.24) is 9.88 Å². The molecule has 4 nitrogen and oxygen atoms in total. The van der Waals surface area contributed by atoms with E-state index in [-0.39, 0.29) is 23.3 Å². The molecule has 0 saturated carbocycles. The normalized spacial score (nSPS) is 12.1. The highest BCUT2D eigenvalue weighted by molar-refractivity contribution is 6.02. The van der Waals surface area contributed by atoms with Crippen molar-refractivity contribution in [2.75, 3.05) is 7.05 Å². The number of aromatic hydroxyl groups is 1. The van der Waals surface area contributed by atoms with E-state index >= 15 is 0 Å². The van der Waals surface area contributed by atoms with Gasteiger partial charge in [-0.1, -0.05) is 42.5 Å². The summed E-state index contributed by atoms with van der Waals surface area (Å²) >= 11 is 0. The van der Waals surface area contributed by atoms with Crippen LogP contribution in [0, 0.1) is 0 Å². The summed E-state index contributed by atoms with van der Waals surface area (Å²) in [6.07, 6.45) is 1.60. The first kappa shape index (κ1) is 15.0. The van der Waals surface area contributed by atoms with Crippen molar-refractivity contribution in [3.63, 3.8) is 0 Å². The van der Waals surface area contributed by atoms with Crippen LogP contribution in [0.3, 0.4) is 0 Å². The Morgan fingerprint density at radius 3 is 2.57 bits per heavy atom. The Hall–Kier alpha value is -2.88. The molecule has 1 heterocycles. The third kappa shape index (κ3) is 2.75. The highest BCUT2D eigenvalue weighted by atomic mass is 16.3. The van der Waals surface area contributed by atoms with Crippen molar-refractivity contribution in [3.8, 4) is 5.75 Å². The van der Waals surface area contributed by atoms with Crippen LogP contribution in [-0.2, 0) is 0 Å². The van der Waals surface area contributed by atoms with Crippen molar-refractivity contribution in [2.45, 2.75) is 13.0 Å². The van der Waals surface area contributed by atoms with Gasteiger partial charge in [-0.3, -0.25) is 9.78 Å². The van der Waals surface area contributed by atoms with Crippen molar-refractivity contribution in [3.05, 3.63) is 71.9 Å². The molecule has 1 aromatic heterocycles. The van der Waals surface area contributed by atoms with Gasteiger partial charge in [-0.05, 0) is 24.6 Å². The van der Waals surface area contributed by atoms with E-state index in [1.54, 1.807) is 36.3 Å². The maximum Gasteiger partial charge on any atom is 0.257 e. The first-order chi connectivity index (χ1) is 11.1. The van der Waals surface area contributed by atoms with E-state index in [0.717, 1.165) is 10.9 Å². The minimum absolute atomic E-state index is 0.0692. The Balaban J connectivity index is 1.95. The molecule has 0 fully saturated rings. The minimum Gasteiger partial charge on any atom is -0.505 e. The topological polar surface area (TPSA) is 53.4 Å².